The van der Waals surface area contributed by atoms with E-state index in [0.717, 1.165) is 12.2 Å². The van der Waals surface area contributed by atoms with Gasteiger partial charge in [0, 0.05) is 23.3 Å². The zero-order chi connectivity index (χ0) is 26.0. The molecule has 0 N–H and O–H groups in total. The molecule has 9 nitrogen and oxygen atoms in total. The minimum Gasteiger partial charge on any atom is -0.459 e. The Hall–Kier alpha value is -4.79. The van der Waals surface area contributed by atoms with Gasteiger partial charge in [-0.25, -0.2) is 19.2 Å². The van der Waals surface area contributed by atoms with E-state index >= 15 is 0 Å². The summed E-state index contributed by atoms with van der Waals surface area (Å²) in [5.41, 5.74) is -0.121. The Morgan fingerprint density at radius 1 is 0.800 bits per heavy atom. The largest absolute Gasteiger partial charge is 0.459 e. The van der Waals surface area contributed by atoms with Crippen molar-refractivity contribution in [2.24, 2.45) is 0 Å². The molecule has 0 radical (unpaired) electrons. The fourth-order valence-electron chi connectivity index (χ4n) is 2.62. The van der Waals surface area contributed by atoms with Crippen LogP contribution in [0.25, 0.3) is 0 Å². The van der Waals surface area contributed by atoms with Crippen LogP contribution in [0, 0.1) is 0 Å². The summed E-state index contributed by atoms with van der Waals surface area (Å²) in [7, 11) is 0. The lowest BCUT2D eigenvalue weighted by molar-refractivity contribution is -0.140. The van der Waals surface area contributed by atoms with Gasteiger partial charge in [-0.3, -0.25) is 4.79 Å². The van der Waals surface area contributed by atoms with E-state index in [4.69, 9.17) is 18.9 Å². The molecule has 180 valence electrons. The maximum atomic E-state index is 13.4. The van der Waals surface area contributed by atoms with Crippen molar-refractivity contribution in [2.75, 3.05) is 13.2 Å². The Labute approximate surface area is 201 Å². The van der Waals surface area contributed by atoms with E-state index in [1.165, 1.54) is 49.4 Å². The number of carbonyl (C=O) groups is 5. The van der Waals surface area contributed by atoms with Gasteiger partial charge in [-0.2, -0.15) is 0 Å². The molecule has 0 heterocycles. The number of benzene rings is 2. The topological polar surface area (TPSA) is 122 Å². The summed E-state index contributed by atoms with van der Waals surface area (Å²) in [4.78, 5) is 60.8. The summed E-state index contributed by atoms with van der Waals surface area (Å²) >= 11 is 0. The Balaban J connectivity index is 2.35. The molecule has 0 aliphatic rings. The Morgan fingerprint density at radius 3 is 2.03 bits per heavy atom. The van der Waals surface area contributed by atoms with Crippen LogP contribution in [0.2, 0.25) is 0 Å². The zero-order valence-electron chi connectivity index (χ0n) is 18.9. The van der Waals surface area contributed by atoms with Crippen LogP contribution in [0.1, 0.15) is 33.2 Å². The molecule has 0 amide bonds. The highest BCUT2D eigenvalue weighted by Gasteiger charge is 2.23. The molecule has 9 heteroatoms. The Kier molecular flexibility index (Phi) is 9.41. The maximum Gasteiger partial charge on any atom is 0.339 e. The first-order chi connectivity index (χ1) is 16.7. The van der Waals surface area contributed by atoms with Crippen LogP contribution < -0.4 is 9.47 Å². The second kappa shape index (κ2) is 12.4. The lowest BCUT2D eigenvalue weighted by atomic mass is 9.97. The number of hydrogen-bond donors (Lipinski definition) is 0. The lowest BCUT2D eigenvalue weighted by Crippen LogP contribution is -2.17. The van der Waals surface area contributed by atoms with Crippen molar-refractivity contribution in [2.45, 2.75) is 6.92 Å². The molecule has 35 heavy (non-hydrogen) atoms. The van der Waals surface area contributed by atoms with E-state index in [9.17, 15) is 24.0 Å². The highest BCUT2D eigenvalue weighted by Crippen LogP contribution is 2.28. The second-order valence-corrected chi connectivity index (χ2v) is 6.84. The molecule has 2 aromatic carbocycles. The van der Waals surface area contributed by atoms with Crippen molar-refractivity contribution in [1.29, 1.82) is 0 Å². The summed E-state index contributed by atoms with van der Waals surface area (Å²) < 4.78 is 20.2. The van der Waals surface area contributed by atoms with Gasteiger partial charge in [-0.05, 0) is 31.2 Å². The van der Waals surface area contributed by atoms with Gasteiger partial charge >= 0.3 is 23.9 Å². The predicted octanol–water partition coefficient (Wildman–Crippen LogP) is 3.38. The van der Waals surface area contributed by atoms with Gasteiger partial charge in [0.05, 0.1) is 11.1 Å². The van der Waals surface area contributed by atoms with Gasteiger partial charge in [0.2, 0.25) is 0 Å². The van der Waals surface area contributed by atoms with Crippen molar-refractivity contribution in [1.82, 2.24) is 0 Å². The summed E-state index contributed by atoms with van der Waals surface area (Å²) in [6, 6.07) is 9.56. The summed E-state index contributed by atoms with van der Waals surface area (Å²) in [5.74, 6) is -3.95. The van der Waals surface area contributed by atoms with E-state index in [2.05, 4.69) is 19.7 Å². The van der Waals surface area contributed by atoms with Crippen LogP contribution in [0.5, 0.6) is 11.5 Å². The molecule has 2 aromatic rings. The molecule has 2 rings (SSSR count). The van der Waals surface area contributed by atoms with E-state index in [1.807, 2.05) is 0 Å². The van der Waals surface area contributed by atoms with Crippen LogP contribution >= 0.6 is 0 Å². The lowest BCUT2D eigenvalue weighted by Gasteiger charge is -2.13. The minimum absolute atomic E-state index is 0.0176. The van der Waals surface area contributed by atoms with E-state index in [0.29, 0.717) is 0 Å². The maximum absolute atomic E-state index is 13.4. The van der Waals surface area contributed by atoms with Crippen molar-refractivity contribution in [3.05, 3.63) is 96.6 Å². The number of hydrogen-bond acceptors (Lipinski definition) is 9. The fourth-order valence-corrected chi connectivity index (χ4v) is 2.62. The molecule has 0 unspecified atom stereocenters. The van der Waals surface area contributed by atoms with Crippen LogP contribution in [0.4, 0.5) is 0 Å². The minimum atomic E-state index is -0.848. The van der Waals surface area contributed by atoms with Gasteiger partial charge in [-0.1, -0.05) is 37.9 Å². The zero-order valence-corrected chi connectivity index (χ0v) is 18.9. The van der Waals surface area contributed by atoms with Gasteiger partial charge in [0.15, 0.2) is 5.78 Å². The number of esters is 4. The standard InChI is InChI=1S/C26H22O9/c1-5-22(27)34-17-11-12-21(35-23(28)6-2)20(15-17)24(29)18-9-7-8-10-19(18)26(31)33-14-13-32-25(30)16(3)4/h5-12,15H,1-3,13-14H2,4H3. The van der Waals surface area contributed by atoms with Gasteiger partial charge in [0.25, 0.3) is 0 Å². The SMILES string of the molecule is C=CC(=O)Oc1ccc(OC(=O)C=C)c(C(=O)c2ccccc2C(=O)OCCOC(=O)C(=C)C)c1. The van der Waals surface area contributed by atoms with Crippen molar-refractivity contribution >= 4 is 29.7 Å². The normalized spacial score (nSPS) is 9.86. The molecule has 0 saturated carbocycles. The summed E-state index contributed by atoms with van der Waals surface area (Å²) in [5, 5.41) is 0. The van der Waals surface area contributed by atoms with Crippen molar-refractivity contribution in [3.8, 4) is 11.5 Å². The highest BCUT2D eigenvalue weighted by atomic mass is 16.6. The number of rotatable bonds is 11. The average molecular weight is 478 g/mol. The van der Waals surface area contributed by atoms with E-state index < -0.39 is 29.7 Å². The van der Waals surface area contributed by atoms with Gasteiger partial charge < -0.3 is 18.9 Å². The molecule has 0 fully saturated rings. The van der Waals surface area contributed by atoms with Crippen LogP contribution in [-0.4, -0.2) is 42.9 Å². The molecule has 0 bridgehead atoms. The van der Waals surface area contributed by atoms with E-state index in [-0.39, 0.29) is 47.0 Å². The summed E-state index contributed by atoms with van der Waals surface area (Å²) in [6.45, 7) is 11.1. The first-order valence-electron chi connectivity index (χ1n) is 10.1. The van der Waals surface area contributed by atoms with Gasteiger partial charge in [-0.15, -0.1) is 0 Å². The smallest absolute Gasteiger partial charge is 0.339 e. The molecule has 0 saturated heterocycles. The summed E-state index contributed by atoms with van der Waals surface area (Å²) in [6.07, 6.45) is 1.85. The number of ketones is 1. The fraction of sp³-hybridized carbons (Fsp3) is 0.115. The monoisotopic (exact) mass is 478 g/mol. The second-order valence-electron chi connectivity index (χ2n) is 6.84. The molecule has 0 spiro atoms. The quantitative estimate of drug-likeness (QED) is 0.157. The number of carbonyl (C=O) groups excluding carboxylic acids is 5. The third-order valence-electron chi connectivity index (χ3n) is 4.25. The third kappa shape index (κ3) is 7.36. The van der Waals surface area contributed by atoms with Crippen LogP contribution in [0.3, 0.4) is 0 Å². The first kappa shape index (κ1) is 26.5. The average Bonchev–Trinajstić information content (AvgIpc) is 2.86. The molecule has 0 aliphatic heterocycles. The van der Waals surface area contributed by atoms with E-state index in [1.54, 1.807) is 0 Å². The van der Waals surface area contributed by atoms with Crippen LogP contribution in [-0.2, 0) is 23.9 Å². The Morgan fingerprint density at radius 2 is 1.40 bits per heavy atom. The number of ether oxygens (including phenoxy) is 4. The van der Waals surface area contributed by atoms with Crippen LogP contribution in [0.15, 0.2) is 79.9 Å². The van der Waals surface area contributed by atoms with Crippen molar-refractivity contribution in [3.63, 3.8) is 0 Å². The van der Waals surface area contributed by atoms with Crippen molar-refractivity contribution < 1.29 is 42.9 Å². The molecule has 0 atom stereocenters. The molecular formula is C26H22O9. The van der Waals surface area contributed by atoms with Gasteiger partial charge in [0.1, 0.15) is 24.7 Å². The molecule has 0 aromatic heterocycles. The first-order valence-corrected chi connectivity index (χ1v) is 10.1. The Bertz CT molecular complexity index is 1210. The highest BCUT2D eigenvalue weighted by molar-refractivity contribution is 6.16. The molecular weight excluding hydrogens is 456 g/mol. The molecule has 0 aliphatic carbocycles. The predicted molar refractivity (Wildman–Crippen MR) is 124 cm³/mol. The third-order valence-corrected chi connectivity index (χ3v) is 4.25.